The second-order valence-corrected chi connectivity index (χ2v) is 15.5. The molecule has 1 aliphatic heterocycles. The van der Waals surface area contributed by atoms with Crippen molar-refractivity contribution in [1.29, 1.82) is 0 Å². The topological polar surface area (TPSA) is 71.6 Å². The molecule has 0 bridgehead atoms. The van der Waals surface area contributed by atoms with Crippen molar-refractivity contribution in [2.24, 2.45) is 0 Å². The molecule has 0 spiro atoms. The SMILES string of the molecule is CC(C)(C)[Si](C)(C)OC1CC(C(=O)c2c[nH]c3cc(F)ccc23)N(C(=O)OCc2ccccc2)C1. The maximum absolute atomic E-state index is 13.7. The van der Waals surface area contributed by atoms with Gasteiger partial charge in [0.2, 0.25) is 0 Å². The molecule has 2 unspecified atom stereocenters. The number of hydrogen-bond donors (Lipinski definition) is 1. The number of Topliss-reactive ketones (excluding diaryl/α,β-unsaturated/α-hetero) is 1. The molecule has 0 aliphatic carbocycles. The molecule has 8 heteroatoms. The monoisotopic (exact) mass is 496 g/mol. The summed E-state index contributed by atoms with van der Waals surface area (Å²) in [5.41, 5.74) is 1.84. The first kappa shape index (κ1) is 25.1. The Morgan fingerprint density at radius 3 is 2.54 bits per heavy atom. The summed E-state index contributed by atoms with van der Waals surface area (Å²) in [4.78, 5) is 31.3. The summed E-state index contributed by atoms with van der Waals surface area (Å²) in [7, 11) is -2.12. The first-order chi connectivity index (χ1) is 16.5. The zero-order chi connectivity index (χ0) is 25.4. The summed E-state index contributed by atoms with van der Waals surface area (Å²) in [5, 5.41) is 0.622. The van der Waals surface area contributed by atoms with Crippen LogP contribution in [0.4, 0.5) is 9.18 Å². The molecule has 1 amide bonds. The number of likely N-dealkylation sites (tertiary alicyclic amines) is 1. The molecule has 1 aliphatic rings. The predicted molar refractivity (Wildman–Crippen MR) is 136 cm³/mol. The number of fused-ring (bicyclic) bond motifs is 1. The van der Waals surface area contributed by atoms with Crippen molar-refractivity contribution < 1.29 is 23.1 Å². The summed E-state index contributed by atoms with van der Waals surface area (Å²) in [6, 6.07) is 13.0. The zero-order valence-electron chi connectivity index (χ0n) is 20.9. The Balaban J connectivity index is 1.59. The van der Waals surface area contributed by atoms with Crippen LogP contribution in [-0.4, -0.2) is 48.8 Å². The standard InChI is InChI=1S/C27H33FN2O4Si/c1-27(2,3)35(4,5)34-20-14-24(25(31)22-15-29-23-13-19(28)11-12-21(22)23)30(16-20)26(32)33-17-18-9-7-6-8-10-18/h6-13,15,20,24,29H,14,16-17H2,1-5H3. The molecule has 2 atom stereocenters. The lowest BCUT2D eigenvalue weighted by Gasteiger charge is -2.38. The lowest BCUT2D eigenvalue weighted by atomic mass is 10.0. The number of nitrogens with zero attached hydrogens (tertiary/aromatic N) is 1. The van der Waals surface area contributed by atoms with Gasteiger partial charge in [-0.1, -0.05) is 51.1 Å². The number of halogens is 1. The molecule has 2 aromatic carbocycles. The molecule has 6 nitrogen and oxygen atoms in total. The van der Waals surface area contributed by atoms with Crippen molar-refractivity contribution in [3.05, 3.63) is 71.7 Å². The van der Waals surface area contributed by atoms with Gasteiger partial charge in [0.05, 0.1) is 6.10 Å². The summed E-state index contributed by atoms with van der Waals surface area (Å²) < 4.78 is 25.8. The number of benzene rings is 2. The van der Waals surface area contributed by atoms with Gasteiger partial charge in [-0.3, -0.25) is 9.69 Å². The third-order valence-corrected chi connectivity index (χ3v) is 11.7. The Kier molecular flexibility index (Phi) is 6.88. The summed E-state index contributed by atoms with van der Waals surface area (Å²) in [5.74, 6) is -0.589. The maximum atomic E-state index is 13.7. The highest BCUT2D eigenvalue weighted by Gasteiger charge is 2.46. The number of ether oxygens (including phenoxy) is 1. The van der Waals surface area contributed by atoms with Gasteiger partial charge in [0, 0.05) is 35.6 Å². The van der Waals surface area contributed by atoms with Crippen LogP contribution in [0.2, 0.25) is 18.1 Å². The third-order valence-electron chi connectivity index (χ3n) is 7.18. The maximum Gasteiger partial charge on any atom is 0.410 e. The minimum absolute atomic E-state index is 0.00530. The lowest BCUT2D eigenvalue weighted by molar-refractivity contribution is 0.0731. The van der Waals surface area contributed by atoms with E-state index in [1.165, 1.54) is 17.0 Å². The number of aromatic nitrogens is 1. The molecule has 1 aromatic heterocycles. The van der Waals surface area contributed by atoms with Crippen molar-refractivity contribution in [3.8, 4) is 0 Å². The second kappa shape index (κ2) is 9.58. The summed E-state index contributed by atoms with van der Waals surface area (Å²) in [6.45, 7) is 11.2. The zero-order valence-corrected chi connectivity index (χ0v) is 21.9. The molecule has 1 N–H and O–H groups in total. The number of rotatable bonds is 6. The average Bonchev–Trinajstić information content (AvgIpc) is 3.40. The van der Waals surface area contributed by atoms with Crippen LogP contribution in [0.15, 0.2) is 54.7 Å². The molecular weight excluding hydrogens is 463 g/mol. The number of amides is 1. The summed E-state index contributed by atoms with van der Waals surface area (Å²) >= 11 is 0. The van der Waals surface area contributed by atoms with E-state index in [9.17, 15) is 14.0 Å². The van der Waals surface area contributed by atoms with Crippen LogP contribution in [0.5, 0.6) is 0 Å². The second-order valence-electron chi connectivity index (χ2n) is 10.7. The van der Waals surface area contributed by atoms with Gasteiger partial charge in [-0.05, 0) is 41.9 Å². The van der Waals surface area contributed by atoms with E-state index in [2.05, 4.69) is 38.8 Å². The van der Waals surface area contributed by atoms with Gasteiger partial charge in [-0.25, -0.2) is 9.18 Å². The van der Waals surface area contributed by atoms with Crippen LogP contribution in [0.25, 0.3) is 10.9 Å². The van der Waals surface area contributed by atoms with E-state index < -0.39 is 20.5 Å². The van der Waals surface area contributed by atoms with Crippen molar-refractivity contribution in [1.82, 2.24) is 9.88 Å². The van der Waals surface area contributed by atoms with Gasteiger partial charge < -0.3 is 14.1 Å². The molecule has 3 aromatic rings. The Morgan fingerprint density at radius 1 is 1.14 bits per heavy atom. The minimum Gasteiger partial charge on any atom is -0.445 e. The Bertz CT molecular complexity index is 1220. The predicted octanol–water partition coefficient (Wildman–Crippen LogP) is 6.29. The molecule has 4 rings (SSSR count). The first-order valence-electron chi connectivity index (χ1n) is 11.9. The highest BCUT2D eigenvalue weighted by Crippen LogP contribution is 2.39. The van der Waals surface area contributed by atoms with Crippen molar-refractivity contribution in [2.45, 2.75) is 64.1 Å². The molecule has 35 heavy (non-hydrogen) atoms. The van der Waals surface area contributed by atoms with Crippen molar-refractivity contribution >= 4 is 31.1 Å². The number of aromatic amines is 1. The number of carbonyl (C=O) groups is 2. The van der Waals surface area contributed by atoms with Crippen LogP contribution >= 0.6 is 0 Å². The number of hydrogen-bond acceptors (Lipinski definition) is 4. The van der Waals surface area contributed by atoms with Gasteiger partial charge in [0.25, 0.3) is 0 Å². The molecular formula is C27H33FN2O4Si. The Labute approximate surface area is 206 Å². The highest BCUT2D eigenvalue weighted by molar-refractivity contribution is 6.74. The van der Waals surface area contributed by atoms with Gasteiger partial charge in [0.15, 0.2) is 14.1 Å². The van der Waals surface area contributed by atoms with Gasteiger partial charge in [-0.2, -0.15) is 0 Å². The molecule has 0 saturated carbocycles. The third kappa shape index (κ3) is 5.33. The molecule has 1 fully saturated rings. The van der Waals surface area contributed by atoms with Gasteiger partial charge >= 0.3 is 6.09 Å². The van der Waals surface area contributed by atoms with E-state index in [-0.39, 0.29) is 35.9 Å². The van der Waals surface area contributed by atoms with E-state index >= 15 is 0 Å². The number of nitrogens with one attached hydrogen (secondary N) is 1. The summed E-state index contributed by atoms with van der Waals surface area (Å²) in [6.07, 6.45) is 1.16. The van der Waals surface area contributed by atoms with Gasteiger partial charge in [0.1, 0.15) is 18.5 Å². The van der Waals surface area contributed by atoms with Crippen LogP contribution in [0.3, 0.4) is 0 Å². The normalized spacial score (nSPS) is 18.7. The molecule has 0 radical (unpaired) electrons. The smallest absolute Gasteiger partial charge is 0.410 e. The number of H-pyrrole nitrogens is 1. The number of ketones is 1. The number of carbonyl (C=O) groups excluding carboxylic acids is 2. The highest BCUT2D eigenvalue weighted by atomic mass is 28.4. The fourth-order valence-corrected chi connectivity index (χ4v) is 5.57. The van der Waals surface area contributed by atoms with E-state index in [0.717, 1.165) is 5.56 Å². The van der Waals surface area contributed by atoms with Crippen LogP contribution in [0, 0.1) is 5.82 Å². The molecule has 2 heterocycles. The quantitative estimate of drug-likeness (QED) is 0.321. The molecule has 1 saturated heterocycles. The van der Waals surface area contributed by atoms with E-state index in [0.29, 0.717) is 22.9 Å². The average molecular weight is 497 g/mol. The Hall–Kier alpha value is -2.97. The van der Waals surface area contributed by atoms with Crippen LogP contribution in [0.1, 0.15) is 43.1 Å². The van der Waals surface area contributed by atoms with Crippen molar-refractivity contribution in [3.63, 3.8) is 0 Å². The largest absolute Gasteiger partial charge is 0.445 e. The van der Waals surface area contributed by atoms with E-state index in [1.54, 1.807) is 12.3 Å². The van der Waals surface area contributed by atoms with E-state index in [1.807, 2.05) is 30.3 Å². The molecule has 186 valence electrons. The van der Waals surface area contributed by atoms with E-state index in [4.69, 9.17) is 9.16 Å². The van der Waals surface area contributed by atoms with Crippen LogP contribution < -0.4 is 0 Å². The lowest BCUT2D eigenvalue weighted by Crippen LogP contribution is -2.45. The van der Waals surface area contributed by atoms with Crippen molar-refractivity contribution in [2.75, 3.05) is 6.54 Å². The Morgan fingerprint density at radius 2 is 1.86 bits per heavy atom. The fourth-order valence-electron chi connectivity index (χ4n) is 4.21. The van der Waals surface area contributed by atoms with Crippen LogP contribution in [-0.2, 0) is 15.8 Å². The fraction of sp³-hybridized carbons (Fsp3) is 0.407. The van der Waals surface area contributed by atoms with Gasteiger partial charge in [-0.15, -0.1) is 0 Å². The first-order valence-corrected chi connectivity index (χ1v) is 14.8. The minimum atomic E-state index is -2.12.